The molecule has 4 rings (SSSR count). The number of para-hydroxylation sites is 2. The molecule has 1 aliphatic rings. The number of carbonyl (C=O) groups is 1. The Balaban J connectivity index is 1.68. The Labute approximate surface area is 157 Å². The second-order valence-electron chi connectivity index (χ2n) is 6.49. The Bertz CT molecular complexity index is 953. The van der Waals surface area contributed by atoms with Crippen molar-refractivity contribution in [3.8, 4) is 0 Å². The number of anilines is 1. The summed E-state index contributed by atoms with van der Waals surface area (Å²) < 4.78 is 7.44. The average Bonchev–Trinajstić information content (AvgIpc) is 3.20. The number of halogens is 1. The fourth-order valence-electron chi connectivity index (χ4n) is 3.60. The summed E-state index contributed by atoms with van der Waals surface area (Å²) in [7, 11) is 1.69. The Morgan fingerprint density at radius 1 is 1.23 bits per heavy atom. The average molecular weight is 370 g/mol. The molecule has 1 saturated heterocycles. The highest BCUT2D eigenvalue weighted by Crippen LogP contribution is 2.33. The molecule has 5 nitrogen and oxygen atoms in total. The molecule has 1 atom stereocenters. The minimum Gasteiger partial charge on any atom is -0.383 e. The van der Waals surface area contributed by atoms with Crippen molar-refractivity contribution in [2.45, 2.75) is 18.9 Å². The minimum absolute atomic E-state index is 0.0470. The third-order valence-electron chi connectivity index (χ3n) is 4.81. The summed E-state index contributed by atoms with van der Waals surface area (Å²) in [6.07, 6.45) is 0.447. The Morgan fingerprint density at radius 2 is 2.08 bits per heavy atom. The fraction of sp³-hybridized carbons (Fsp3) is 0.300. The van der Waals surface area contributed by atoms with Gasteiger partial charge in [0.1, 0.15) is 5.82 Å². The highest BCUT2D eigenvalue weighted by molar-refractivity contribution is 6.30. The zero-order valence-electron chi connectivity index (χ0n) is 14.6. The van der Waals surface area contributed by atoms with Gasteiger partial charge in [-0.1, -0.05) is 29.8 Å². The molecule has 1 fully saturated rings. The van der Waals surface area contributed by atoms with Gasteiger partial charge in [-0.2, -0.15) is 0 Å². The maximum atomic E-state index is 12.6. The zero-order valence-corrected chi connectivity index (χ0v) is 15.3. The van der Waals surface area contributed by atoms with E-state index in [0.717, 1.165) is 22.5 Å². The molecule has 1 aliphatic heterocycles. The van der Waals surface area contributed by atoms with E-state index in [0.29, 0.717) is 31.1 Å². The van der Waals surface area contributed by atoms with E-state index >= 15 is 0 Å². The highest BCUT2D eigenvalue weighted by atomic mass is 35.5. The molecule has 2 aromatic carbocycles. The number of rotatable bonds is 5. The van der Waals surface area contributed by atoms with Gasteiger partial charge >= 0.3 is 0 Å². The van der Waals surface area contributed by atoms with Gasteiger partial charge in [0.15, 0.2) is 0 Å². The van der Waals surface area contributed by atoms with Crippen LogP contribution >= 0.6 is 11.6 Å². The van der Waals surface area contributed by atoms with Crippen molar-refractivity contribution in [1.82, 2.24) is 9.55 Å². The van der Waals surface area contributed by atoms with E-state index in [4.69, 9.17) is 21.3 Å². The lowest BCUT2D eigenvalue weighted by molar-refractivity contribution is -0.117. The van der Waals surface area contributed by atoms with E-state index in [1.165, 1.54) is 0 Å². The molecule has 26 heavy (non-hydrogen) atoms. The van der Waals surface area contributed by atoms with Crippen molar-refractivity contribution < 1.29 is 9.53 Å². The number of fused-ring (bicyclic) bond motifs is 1. The van der Waals surface area contributed by atoms with Crippen LogP contribution in [-0.2, 0) is 16.1 Å². The van der Waals surface area contributed by atoms with Crippen LogP contribution in [0.15, 0.2) is 48.5 Å². The second kappa shape index (κ2) is 7.09. The third kappa shape index (κ3) is 3.08. The van der Waals surface area contributed by atoms with Crippen LogP contribution in [0.3, 0.4) is 0 Å². The van der Waals surface area contributed by atoms with Crippen LogP contribution in [-0.4, -0.2) is 35.7 Å². The van der Waals surface area contributed by atoms with Gasteiger partial charge in [-0.3, -0.25) is 4.79 Å². The van der Waals surface area contributed by atoms with Crippen LogP contribution in [0, 0.1) is 0 Å². The molecule has 1 aromatic heterocycles. The summed E-state index contributed by atoms with van der Waals surface area (Å²) in [5.74, 6) is 1.09. The molecule has 0 bridgehead atoms. The highest BCUT2D eigenvalue weighted by Gasteiger charge is 2.34. The van der Waals surface area contributed by atoms with E-state index in [-0.39, 0.29) is 11.8 Å². The molecular formula is C20H20ClN3O2. The first-order valence-electron chi connectivity index (χ1n) is 8.67. The molecule has 0 saturated carbocycles. The molecular weight excluding hydrogens is 350 g/mol. The summed E-state index contributed by atoms with van der Waals surface area (Å²) in [6, 6.07) is 15.5. The SMILES string of the molecule is COCCn1c(C2CC(=O)N(c3cccc(Cl)c3)C2)nc2ccccc21. The molecule has 1 unspecified atom stereocenters. The van der Waals surface area contributed by atoms with Crippen molar-refractivity contribution in [3.63, 3.8) is 0 Å². The van der Waals surface area contributed by atoms with Crippen LogP contribution in [0.1, 0.15) is 18.2 Å². The van der Waals surface area contributed by atoms with E-state index in [9.17, 15) is 4.79 Å². The molecule has 3 aromatic rings. The third-order valence-corrected chi connectivity index (χ3v) is 5.05. The van der Waals surface area contributed by atoms with Gasteiger partial charge in [0.25, 0.3) is 0 Å². The van der Waals surface area contributed by atoms with Crippen molar-refractivity contribution >= 4 is 34.2 Å². The number of carbonyl (C=O) groups excluding carboxylic acids is 1. The van der Waals surface area contributed by atoms with E-state index in [1.54, 1.807) is 12.0 Å². The van der Waals surface area contributed by atoms with E-state index < -0.39 is 0 Å². The number of imidazole rings is 1. The largest absolute Gasteiger partial charge is 0.383 e. The Kier molecular flexibility index (Phi) is 4.66. The number of benzene rings is 2. The lowest BCUT2D eigenvalue weighted by Gasteiger charge is -2.17. The first-order chi connectivity index (χ1) is 12.7. The van der Waals surface area contributed by atoms with Crippen molar-refractivity contribution in [2.24, 2.45) is 0 Å². The maximum Gasteiger partial charge on any atom is 0.227 e. The summed E-state index contributed by atoms with van der Waals surface area (Å²) in [4.78, 5) is 19.3. The molecule has 1 amide bonds. The number of aromatic nitrogens is 2. The minimum atomic E-state index is 0.0470. The molecule has 0 N–H and O–H groups in total. The van der Waals surface area contributed by atoms with Gasteiger partial charge in [-0.15, -0.1) is 0 Å². The maximum absolute atomic E-state index is 12.6. The smallest absolute Gasteiger partial charge is 0.227 e. The van der Waals surface area contributed by atoms with Gasteiger partial charge in [0, 0.05) is 43.2 Å². The van der Waals surface area contributed by atoms with Crippen LogP contribution in [0.4, 0.5) is 5.69 Å². The number of ether oxygens (including phenoxy) is 1. The quantitative estimate of drug-likeness (QED) is 0.686. The predicted octanol–water partition coefficient (Wildman–Crippen LogP) is 3.86. The zero-order chi connectivity index (χ0) is 18.1. The molecule has 2 heterocycles. The normalized spacial score (nSPS) is 17.4. The second-order valence-corrected chi connectivity index (χ2v) is 6.92. The number of hydrogen-bond acceptors (Lipinski definition) is 3. The first-order valence-corrected chi connectivity index (χ1v) is 9.05. The van der Waals surface area contributed by atoms with Gasteiger partial charge in [-0.25, -0.2) is 4.98 Å². The lowest BCUT2D eigenvalue weighted by atomic mass is 10.1. The lowest BCUT2D eigenvalue weighted by Crippen LogP contribution is -2.24. The summed E-state index contributed by atoms with van der Waals surface area (Å²) in [5.41, 5.74) is 2.87. The first kappa shape index (κ1) is 17.1. The number of hydrogen-bond donors (Lipinski definition) is 0. The number of nitrogens with zero attached hydrogens (tertiary/aromatic N) is 3. The van der Waals surface area contributed by atoms with Gasteiger partial charge in [-0.05, 0) is 30.3 Å². The van der Waals surface area contributed by atoms with Crippen LogP contribution in [0.2, 0.25) is 5.02 Å². The van der Waals surface area contributed by atoms with Gasteiger partial charge in [0.05, 0.1) is 17.6 Å². The molecule has 0 spiro atoms. The number of methoxy groups -OCH3 is 1. The van der Waals surface area contributed by atoms with Crippen molar-refractivity contribution in [1.29, 1.82) is 0 Å². The monoisotopic (exact) mass is 369 g/mol. The van der Waals surface area contributed by atoms with E-state index in [2.05, 4.69) is 10.6 Å². The summed E-state index contributed by atoms with van der Waals surface area (Å²) in [5, 5.41) is 0.631. The molecule has 0 radical (unpaired) electrons. The summed E-state index contributed by atoms with van der Waals surface area (Å²) >= 11 is 6.09. The molecule has 6 heteroatoms. The Hall–Kier alpha value is -2.37. The van der Waals surface area contributed by atoms with Crippen LogP contribution in [0.5, 0.6) is 0 Å². The van der Waals surface area contributed by atoms with Crippen molar-refractivity contribution in [3.05, 3.63) is 59.4 Å². The predicted molar refractivity (Wildman–Crippen MR) is 103 cm³/mol. The fourth-order valence-corrected chi connectivity index (χ4v) is 3.78. The van der Waals surface area contributed by atoms with E-state index in [1.807, 2.05) is 42.5 Å². The molecule has 0 aliphatic carbocycles. The van der Waals surface area contributed by atoms with Crippen LogP contribution < -0.4 is 4.90 Å². The van der Waals surface area contributed by atoms with Gasteiger partial charge < -0.3 is 14.2 Å². The number of amides is 1. The van der Waals surface area contributed by atoms with Gasteiger partial charge in [0.2, 0.25) is 5.91 Å². The standard InChI is InChI=1S/C20H20ClN3O2/c1-26-10-9-23-18-8-3-2-7-17(18)22-20(23)14-11-19(25)24(13-14)16-6-4-5-15(21)12-16/h2-8,12,14H,9-11,13H2,1H3. The molecule has 134 valence electrons. The topological polar surface area (TPSA) is 47.4 Å². The van der Waals surface area contributed by atoms with Crippen molar-refractivity contribution in [2.75, 3.05) is 25.2 Å². The summed E-state index contributed by atoms with van der Waals surface area (Å²) in [6.45, 7) is 1.93. The van der Waals surface area contributed by atoms with Crippen LogP contribution in [0.25, 0.3) is 11.0 Å². The Morgan fingerprint density at radius 3 is 2.88 bits per heavy atom.